The van der Waals surface area contributed by atoms with Crippen LogP contribution in [0.4, 0.5) is 18.9 Å². The average Bonchev–Trinajstić information content (AvgIpc) is 3.17. The SMILES string of the molecule is NC(=NCCc1ccc(-n2cccn2)cc1)Nc1ccc(OC(F)(F)F)cc1. The minimum atomic E-state index is -4.72. The Balaban J connectivity index is 1.49. The smallest absolute Gasteiger partial charge is 0.406 e. The lowest BCUT2D eigenvalue weighted by Gasteiger charge is -2.10. The molecule has 0 amide bonds. The van der Waals surface area contributed by atoms with Crippen LogP contribution in [-0.4, -0.2) is 28.6 Å². The third-order valence-corrected chi connectivity index (χ3v) is 3.75. The summed E-state index contributed by atoms with van der Waals surface area (Å²) in [5.41, 5.74) is 8.39. The maximum absolute atomic E-state index is 12.1. The number of hydrogen-bond donors (Lipinski definition) is 2. The summed E-state index contributed by atoms with van der Waals surface area (Å²) in [6, 6.07) is 15.0. The second-order valence-corrected chi connectivity index (χ2v) is 5.83. The first-order valence-corrected chi connectivity index (χ1v) is 8.41. The molecule has 0 saturated heterocycles. The Morgan fingerprint density at radius 3 is 2.43 bits per heavy atom. The highest BCUT2D eigenvalue weighted by Crippen LogP contribution is 2.23. The van der Waals surface area contributed by atoms with Gasteiger partial charge in [-0.05, 0) is 54.4 Å². The number of guanidine groups is 1. The van der Waals surface area contributed by atoms with Gasteiger partial charge in [-0.1, -0.05) is 12.1 Å². The zero-order valence-electron chi connectivity index (χ0n) is 14.7. The lowest BCUT2D eigenvalue weighted by atomic mass is 10.1. The molecule has 3 N–H and O–H groups in total. The number of nitrogens with zero attached hydrogens (tertiary/aromatic N) is 3. The first-order valence-electron chi connectivity index (χ1n) is 8.41. The maximum atomic E-state index is 12.1. The monoisotopic (exact) mass is 389 g/mol. The molecule has 3 aromatic rings. The molecule has 146 valence electrons. The van der Waals surface area contributed by atoms with Crippen molar-refractivity contribution in [2.24, 2.45) is 10.7 Å². The zero-order chi connectivity index (χ0) is 20.0. The first kappa shape index (κ1) is 19.3. The molecule has 0 aliphatic rings. The number of nitrogens with one attached hydrogen (secondary N) is 1. The van der Waals surface area contributed by atoms with E-state index in [2.05, 4.69) is 20.1 Å². The van der Waals surface area contributed by atoms with Gasteiger partial charge in [0.2, 0.25) is 0 Å². The van der Waals surface area contributed by atoms with Crippen LogP contribution in [0.15, 0.2) is 72.0 Å². The number of anilines is 1. The van der Waals surface area contributed by atoms with Gasteiger partial charge in [-0.25, -0.2) is 4.68 Å². The van der Waals surface area contributed by atoms with E-state index in [4.69, 9.17) is 5.73 Å². The van der Waals surface area contributed by atoms with E-state index in [1.54, 1.807) is 10.9 Å². The van der Waals surface area contributed by atoms with E-state index in [-0.39, 0.29) is 11.7 Å². The average molecular weight is 389 g/mol. The molecule has 0 aliphatic carbocycles. The van der Waals surface area contributed by atoms with Crippen LogP contribution in [0, 0.1) is 0 Å². The Morgan fingerprint density at radius 2 is 1.82 bits per heavy atom. The van der Waals surface area contributed by atoms with Gasteiger partial charge >= 0.3 is 6.36 Å². The third-order valence-electron chi connectivity index (χ3n) is 3.75. The molecule has 0 radical (unpaired) electrons. The fourth-order valence-corrected chi connectivity index (χ4v) is 2.47. The lowest BCUT2D eigenvalue weighted by molar-refractivity contribution is -0.274. The topological polar surface area (TPSA) is 77.5 Å². The summed E-state index contributed by atoms with van der Waals surface area (Å²) < 4.78 is 42.0. The van der Waals surface area contributed by atoms with Crippen LogP contribution in [0.1, 0.15) is 5.56 Å². The fraction of sp³-hybridized carbons (Fsp3) is 0.158. The van der Waals surface area contributed by atoms with Crippen molar-refractivity contribution in [2.75, 3.05) is 11.9 Å². The van der Waals surface area contributed by atoms with E-state index in [0.717, 1.165) is 11.3 Å². The highest BCUT2D eigenvalue weighted by molar-refractivity contribution is 5.92. The maximum Gasteiger partial charge on any atom is 0.573 e. The van der Waals surface area contributed by atoms with Crippen LogP contribution in [0.5, 0.6) is 5.75 Å². The molecule has 0 spiro atoms. The van der Waals surface area contributed by atoms with Gasteiger partial charge in [-0.15, -0.1) is 13.2 Å². The number of alkyl halides is 3. The van der Waals surface area contributed by atoms with E-state index in [0.29, 0.717) is 18.7 Å². The minimum Gasteiger partial charge on any atom is -0.406 e. The zero-order valence-corrected chi connectivity index (χ0v) is 14.7. The van der Waals surface area contributed by atoms with Gasteiger partial charge in [0, 0.05) is 24.6 Å². The van der Waals surface area contributed by atoms with Crippen molar-refractivity contribution < 1.29 is 17.9 Å². The van der Waals surface area contributed by atoms with Gasteiger partial charge in [-0.2, -0.15) is 5.10 Å². The number of halogens is 3. The van der Waals surface area contributed by atoms with Crippen molar-refractivity contribution >= 4 is 11.6 Å². The number of aromatic nitrogens is 2. The summed E-state index contributed by atoms with van der Waals surface area (Å²) in [6.07, 6.45) is -0.436. The van der Waals surface area contributed by atoms with Crippen LogP contribution < -0.4 is 15.8 Å². The Kier molecular flexibility index (Phi) is 5.83. The summed E-state index contributed by atoms with van der Waals surface area (Å²) >= 11 is 0. The molecular formula is C19H18F3N5O. The number of benzene rings is 2. The molecule has 2 aromatic carbocycles. The van der Waals surface area contributed by atoms with E-state index in [1.165, 1.54) is 24.3 Å². The van der Waals surface area contributed by atoms with Gasteiger partial charge in [0.15, 0.2) is 5.96 Å². The highest BCUT2D eigenvalue weighted by Gasteiger charge is 2.30. The Hall–Kier alpha value is -3.49. The molecule has 0 fully saturated rings. The van der Waals surface area contributed by atoms with E-state index >= 15 is 0 Å². The largest absolute Gasteiger partial charge is 0.573 e. The van der Waals surface area contributed by atoms with Crippen molar-refractivity contribution in [3.63, 3.8) is 0 Å². The standard InChI is InChI=1S/C19H18F3N5O/c20-19(21,22)28-17-8-4-15(5-9-17)26-18(23)24-12-10-14-2-6-16(7-3-14)27-13-1-11-25-27/h1-9,11,13H,10,12H2,(H3,23,24,26). The Morgan fingerprint density at radius 1 is 1.11 bits per heavy atom. The number of rotatable bonds is 6. The summed E-state index contributed by atoms with van der Waals surface area (Å²) in [5, 5.41) is 7.00. The van der Waals surface area contributed by atoms with Gasteiger partial charge in [0.1, 0.15) is 5.75 Å². The summed E-state index contributed by atoms with van der Waals surface area (Å²) in [7, 11) is 0. The number of aliphatic imine (C=N–C) groups is 1. The van der Waals surface area contributed by atoms with Gasteiger partial charge in [0.25, 0.3) is 0 Å². The molecule has 28 heavy (non-hydrogen) atoms. The van der Waals surface area contributed by atoms with E-state index < -0.39 is 6.36 Å². The highest BCUT2D eigenvalue weighted by atomic mass is 19.4. The number of nitrogens with two attached hydrogens (primary N) is 1. The van der Waals surface area contributed by atoms with Crippen LogP contribution in [0.2, 0.25) is 0 Å². The van der Waals surface area contributed by atoms with E-state index in [1.807, 2.05) is 36.5 Å². The Bertz CT molecular complexity index is 904. The summed E-state index contributed by atoms with van der Waals surface area (Å²) in [6.45, 7) is 0.467. The van der Waals surface area contributed by atoms with Gasteiger partial charge in [0.05, 0.1) is 5.69 Å². The molecule has 6 nitrogen and oxygen atoms in total. The Labute approximate surface area is 159 Å². The fourth-order valence-electron chi connectivity index (χ4n) is 2.47. The predicted octanol–water partition coefficient (Wildman–Crippen LogP) is 3.74. The molecule has 3 rings (SSSR count). The molecular weight excluding hydrogens is 371 g/mol. The molecule has 1 aromatic heterocycles. The minimum absolute atomic E-state index is 0.178. The normalized spacial score (nSPS) is 12.0. The summed E-state index contributed by atoms with van der Waals surface area (Å²) in [5.74, 6) is -0.121. The van der Waals surface area contributed by atoms with E-state index in [9.17, 15) is 13.2 Å². The molecule has 0 saturated carbocycles. The predicted molar refractivity (Wildman–Crippen MR) is 101 cm³/mol. The van der Waals surface area contributed by atoms with Crippen LogP contribution in [0.25, 0.3) is 5.69 Å². The van der Waals surface area contributed by atoms with Crippen LogP contribution >= 0.6 is 0 Å². The second kappa shape index (κ2) is 8.47. The van der Waals surface area contributed by atoms with Crippen LogP contribution in [-0.2, 0) is 6.42 Å². The van der Waals surface area contributed by atoms with Crippen molar-refractivity contribution in [3.05, 3.63) is 72.6 Å². The molecule has 0 atom stereocenters. The molecule has 0 unspecified atom stereocenters. The molecule has 9 heteroatoms. The lowest BCUT2D eigenvalue weighted by Crippen LogP contribution is -2.23. The third kappa shape index (κ3) is 5.76. The van der Waals surface area contributed by atoms with Gasteiger partial charge < -0.3 is 15.8 Å². The molecule has 0 bridgehead atoms. The molecule has 0 aliphatic heterocycles. The van der Waals surface area contributed by atoms with Crippen LogP contribution in [0.3, 0.4) is 0 Å². The van der Waals surface area contributed by atoms with Crippen molar-refractivity contribution in [2.45, 2.75) is 12.8 Å². The number of ether oxygens (including phenoxy) is 1. The van der Waals surface area contributed by atoms with Gasteiger partial charge in [-0.3, -0.25) is 4.99 Å². The second-order valence-electron chi connectivity index (χ2n) is 5.83. The molecule has 1 heterocycles. The van der Waals surface area contributed by atoms with Crippen molar-refractivity contribution in [1.29, 1.82) is 0 Å². The van der Waals surface area contributed by atoms with Crippen molar-refractivity contribution in [1.82, 2.24) is 9.78 Å². The van der Waals surface area contributed by atoms with Crippen molar-refractivity contribution in [3.8, 4) is 11.4 Å². The number of hydrogen-bond acceptors (Lipinski definition) is 3. The summed E-state index contributed by atoms with van der Waals surface area (Å²) in [4.78, 5) is 4.22. The quantitative estimate of drug-likeness (QED) is 0.497. The first-order chi connectivity index (χ1) is 13.4.